The van der Waals surface area contributed by atoms with E-state index in [1.807, 2.05) is 0 Å². The summed E-state index contributed by atoms with van der Waals surface area (Å²) in [5.74, 6) is 0. The van der Waals surface area contributed by atoms with Crippen LogP contribution in [0.1, 0.15) is 16.7 Å². The van der Waals surface area contributed by atoms with Gasteiger partial charge in [0.05, 0.1) is 5.56 Å². The Labute approximate surface area is 130 Å². The smallest absolute Gasteiger partial charge is 0.381 e. The number of nitrogens with one attached hydrogen (secondary N) is 1. The monoisotopic (exact) mass is 333 g/mol. The Hall–Kier alpha value is -1.39. The number of rotatable bonds is 3. The van der Waals surface area contributed by atoms with Gasteiger partial charge in [0.25, 0.3) is 0 Å². The number of hydrogen-bond donors (Lipinski definition) is 1. The Morgan fingerprint density at radius 3 is 2.43 bits per heavy atom. The van der Waals surface area contributed by atoms with Crippen LogP contribution in [0, 0.1) is 6.92 Å². The molecule has 0 spiro atoms. The van der Waals surface area contributed by atoms with Crippen molar-refractivity contribution < 1.29 is 13.2 Å². The van der Waals surface area contributed by atoms with Crippen LogP contribution < -0.4 is 5.32 Å². The van der Waals surface area contributed by atoms with Crippen molar-refractivity contribution in [3.05, 3.63) is 63.1 Å². The van der Waals surface area contributed by atoms with E-state index in [4.69, 9.17) is 23.2 Å². The number of benzene rings is 2. The van der Waals surface area contributed by atoms with E-state index >= 15 is 0 Å². The van der Waals surface area contributed by atoms with E-state index in [1.165, 1.54) is 13.0 Å². The van der Waals surface area contributed by atoms with Gasteiger partial charge in [-0.15, -0.1) is 0 Å². The van der Waals surface area contributed by atoms with Crippen molar-refractivity contribution in [2.24, 2.45) is 0 Å². The summed E-state index contributed by atoms with van der Waals surface area (Å²) in [4.78, 5) is 0. The van der Waals surface area contributed by atoms with Gasteiger partial charge in [-0.1, -0.05) is 29.3 Å². The molecule has 2 aromatic rings. The summed E-state index contributed by atoms with van der Waals surface area (Å²) in [7, 11) is 0. The van der Waals surface area contributed by atoms with E-state index < -0.39 is 11.7 Å². The van der Waals surface area contributed by atoms with Crippen LogP contribution in [0.4, 0.5) is 18.9 Å². The maximum absolute atomic E-state index is 12.8. The maximum Gasteiger partial charge on any atom is 0.416 e. The molecule has 0 heterocycles. The van der Waals surface area contributed by atoms with Gasteiger partial charge in [-0.2, -0.15) is 13.2 Å². The number of aryl methyl sites for hydroxylation is 1. The minimum atomic E-state index is -4.37. The van der Waals surface area contributed by atoms with Crippen molar-refractivity contribution >= 4 is 28.9 Å². The van der Waals surface area contributed by atoms with Gasteiger partial charge in [0.1, 0.15) is 0 Å². The third-order valence-corrected chi connectivity index (χ3v) is 3.64. The third-order valence-electron chi connectivity index (χ3n) is 3.03. The van der Waals surface area contributed by atoms with Gasteiger partial charge in [-0.25, -0.2) is 0 Å². The molecule has 0 aromatic heterocycles. The Balaban J connectivity index is 2.19. The maximum atomic E-state index is 12.8. The zero-order valence-electron chi connectivity index (χ0n) is 11.1. The molecule has 0 saturated carbocycles. The zero-order valence-corrected chi connectivity index (χ0v) is 12.6. The Kier molecular flexibility index (Phi) is 4.69. The van der Waals surface area contributed by atoms with E-state index in [9.17, 15) is 13.2 Å². The Morgan fingerprint density at radius 2 is 1.76 bits per heavy atom. The minimum absolute atomic E-state index is 0.189. The molecule has 0 bridgehead atoms. The fraction of sp³-hybridized carbons (Fsp3) is 0.200. The van der Waals surface area contributed by atoms with Crippen LogP contribution in [-0.4, -0.2) is 0 Å². The molecule has 2 aromatic carbocycles. The van der Waals surface area contributed by atoms with Crippen molar-refractivity contribution in [2.75, 3.05) is 5.32 Å². The van der Waals surface area contributed by atoms with Crippen molar-refractivity contribution in [3.63, 3.8) is 0 Å². The second-order valence-corrected chi connectivity index (χ2v) is 5.46. The molecule has 0 saturated heterocycles. The lowest BCUT2D eigenvalue weighted by Crippen LogP contribution is -2.09. The first kappa shape index (κ1) is 16.0. The van der Waals surface area contributed by atoms with E-state index in [-0.39, 0.29) is 5.56 Å². The average Bonchev–Trinajstić information content (AvgIpc) is 2.40. The van der Waals surface area contributed by atoms with Crippen molar-refractivity contribution in [2.45, 2.75) is 19.6 Å². The lowest BCUT2D eigenvalue weighted by Gasteiger charge is -2.14. The summed E-state index contributed by atoms with van der Waals surface area (Å²) < 4.78 is 38.5. The highest BCUT2D eigenvalue weighted by atomic mass is 35.5. The summed E-state index contributed by atoms with van der Waals surface area (Å²) in [5, 5.41) is 3.96. The largest absolute Gasteiger partial charge is 0.416 e. The number of halogens is 5. The molecule has 112 valence electrons. The van der Waals surface area contributed by atoms with E-state index in [0.717, 1.165) is 11.6 Å². The molecule has 0 radical (unpaired) electrons. The fourth-order valence-electron chi connectivity index (χ4n) is 1.91. The second-order valence-electron chi connectivity index (χ2n) is 4.62. The molecule has 6 heteroatoms. The van der Waals surface area contributed by atoms with Gasteiger partial charge in [0.2, 0.25) is 0 Å². The molecule has 0 aliphatic rings. The summed E-state index contributed by atoms with van der Waals surface area (Å²) in [5.41, 5.74) is 0.640. The predicted octanol–water partition coefficient (Wildman–Crippen LogP) is 5.93. The summed E-state index contributed by atoms with van der Waals surface area (Å²) >= 11 is 11.9. The zero-order chi connectivity index (χ0) is 15.6. The van der Waals surface area contributed by atoms with Crippen LogP contribution in [-0.2, 0) is 12.7 Å². The predicted molar refractivity (Wildman–Crippen MR) is 80.0 cm³/mol. The molecule has 0 atom stereocenters. The molecular weight excluding hydrogens is 322 g/mol. The van der Waals surface area contributed by atoms with E-state index in [0.29, 0.717) is 22.3 Å². The molecule has 0 fully saturated rings. The highest BCUT2D eigenvalue weighted by Crippen LogP contribution is 2.33. The van der Waals surface area contributed by atoms with Gasteiger partial charge in [-0.3, -0.25) is 0 Å². The quantitative estimate of drug-likeness (QED) is 0.733. The highest BCUT2D eigenvalue weighted by molar-refractivity contribution is 6.33. The fourth-order valence-corrected chi connectivity index (χ4v) is 2.29. The van der Waals surface area contributed by atoms with Gasteiger partial charge in [0.15, 0.2) is 0 Å². The van der Waals surface area contributed by atoms with Crippen molar-refractivity contribution in [1.82, 2.24) is 0 Å². The van der Waals surface area contributed by atoms with Gasteiger partial charge < -0.3 is 5.32 Å². The topological polar surface area (TPSA) is 12.0 Å². The van der Waals surface area contributed by atoms with E-state index in [2.05, 4.69) is 5.32 Å². The number of hydrogen-bond acceptors (Lipinski definition) is 1. The SMILES string of the molecule is Cc1ccc(NCc2cc(Cl)ccc2Cl)cc1C(F)(F)F. The first-order valence-electron chi connectivity index (χ1n) is 6.13. The van der Waals surface area contributed by atoms with Crippen molar-refractivity contribution in [3.8, 4) is 0 Å². The highest BCUT2D eigenvalue weighted by Gasteiger charge is 2.32. The molecule has 2 rings (SSSR count). The molecular formula is C15H12Cl2F3N. The van der Waals surface area contributed by atoms with Crippen LogP contribution in [0.5, 0.6) is 0 Å². The van der Waals surface area contributed by atoms with Crippen molar-refractivity contribution in [1.29, 1.82) is 0 Å². The van der Waals surface area contributed by atoms with E-state index in [1.54, 1.807) is 24.3 Å². The minimum Gasteiger partial charge on any atom is -0.381 e. The molecule has 0 aliphatic carbocycles. The normalized spacial score (nSPS) is 11.5. The molecule has 0 unspecified atom stereocenters. The molecule has 0 aliphatic heterocycles. The molecule has 0 amide bonds. The first-order chi connectivity index (χ1) is 9.77. The standard InChI is InChI=1S/C15H12Cl2F3N/c1-9-2-4-12(7-13(9)15(18,19)20)21-8-10-6-11(16)3-5-14(10)17/h2-7,21H,8H2,1H3. The summed E-state index contributed by atoms with van der Waals surface area (Å²) in [6.45, 7) is 1.72. The molecule has 1 N–H and O–H groups in total. The summed E-state index contributed by atoms with van der Waals surface area (Å²) in [6, 6.07) is 9.11. The van der Waals surface area contributed by atoms with Crippen LogP contribution in [0.2, 0.25) is 10.0 Å². The number of anilines is 1. The van der Waals surface area contributed by atoms with Gasteiger partial charge in [-0.05, 0) is 48.4 Å². The summed E-state index contributed by atoms with van der Waals surface area (Å²) in [6.07, 6.45) is -4.37. The lowest BCUT2D eigenvalue weighted by molar-refractivity contribution is -0.138. The number of alkyl halides is 3. The molecule has 21 heavy (non-hydrogen) atoms. The Bertz CT molecular complexity index is 654. The van der Waals surface area contributed by atoms with Gasteiger partial charge >= 0.3 is 6.18 Å². The van der Waals surface area contributed by atoms with Crippen LogP contribution in [0.3, 0.4) is 0 Å². The second kappa shape index (κ2) is 6.16. The van der Waals surface area contributed by atoms with Gasteiger partial charge in [0, 0.05) is 22.3 Å². The first-order valence-corrected chi connectivity index (χ1v) is 6.88. The average molecular weight is 334 g/mol. The van der Waals surface area contributed by atoms with Crippen LogP contribution >= 0.6 is 23.2 Å². The van der Waals surface area contributed by atoms with Crippen LogP contribution in [0.25, 0.3) is 0 Å². The Morgan fingerprint density at radius 1 is 1.05 bits per heavy atom. The molecule has 1 nitrogen and oxygen atoms in total. The van der Waals surface area contributed by atoms with Crippen LogP contribution in [0.15, 0.2) is 36.4 Å². The third kappa shape index (κ3) is 4.05. The lowest BCUT2D eigenvalue weighted by atomic mass is 10.1.